The lowest BCUT2D eigenvalue weighted by molar-refractivity contribution is 0.0763. The Balaban J connectivity index is 1.59. The molecule has 1 aliphatic heterocycles. The molecule has 3 heterocycles. The van der Waals surface area contributed by atoms with Gasteiger partial charge in [0.15, 0.2) is 5.65 Å². The average Bonchev–Trinajstić information content (AvgIpc) is 3.37. The lowest BCUT2D eigenvalue weighted by Crippen LogP contribution is -2.36. The molecule has 0 aromatic carbocycles. The highest BCUT2D eigenvalue weighted by Crippen LogP contribution is 2.30. The van der Waals surface area contributed by atoms with Gasteiger partial charge in [0, 0.05) is 38.9 Å². The van der Waals surface area contributed by atoms with E-state index in [1.54, 1.807) is 4.68 Å². The summed E-state index contributed by atoms with van der Waals surface area (Å²) in [5, 5.41) is 5.37. The van der Waals surface area contributed by atoms with Crippen LogP contribution in [0.15, 0.2) is 6.07 Å². The molecule has 4 rings (SSSR count). The second-order valence-electron chi connectivity index (χ2n) is 7.61. The zero-order chi connectivity index (χ0) is 17.6. The molecule has 0 spiro atoms. The largest absolute Gasteiger partial charge is 0.337 e. The molecule has 0 radical (unpaired) electrons. The van der Waals surface area contributed by atoms with Gasteiger partial charge in [-0.25, -0.2) is 4.98 Å². The number of fused-ring (bicyclic) bond motifs is 1. The van der Waals surface area contributed by atoms with Crippen LogP contribution >= 0.6 is 0 Å². The number of rotatable bonds is 3. The molecule has 25 heavy (non-hydrogen) atoms. The van der Waals surface area contributed by atoms with Crippen molar-refractivity contribution in [2.24, 2.45) is 13.0 Å². The Kier molecular flexibility index (Phi) is 4.23. The molecule has 6 nitrogen and oxygen atoms in total. The second-order valence-corrected chi connectivity index (χ2v) is 7.61. The zero-order valence-corrected chi connectivity index (χ0v) is 15.5. The van der Waals surface area contributed by atoms with Gasteiger partial charge in [-0.15, -0.1) is 0 Å². The molecule has 0 unspecified atom stereocenters. The number of carbonyl (C=O) groups excluding carboxylic acids is 1. The van der Waals surface area contributed by atoms with Crippen LogP contribution in [-0.2, 0) is 7.05 Å². The molecule has 2 fully saturated rings. The van der Waals surface area contributed by atoms with Gasteiger partial charge in [0.05, 0.1) is 16.6 Å². The number of hydrogen-bond acceptors (Lipinski definition) is 4. The summed E-state index contributed by atoms with van der Waals surface area (Å²) in [6, 6.07) is 1.92. The van der Waals surface area contributed by atoms with E-state index >= 15 is 0 Å². The van der Waals surface area contributed by atoms with Crippen molar-refractivity contribution in [1.82, 2.24) is 24.6 Å². The van der Waals surface area contributed by atoms with Gasteiger partial charge in [-0.05, 0) is 51.6 Å². The minimum atomic E-state index is 0.125. The van der Waals surface area contributed by atoms with E-state index in [1.807, 2.05) is 31.9 Å². The molecule has 1 saturated heterocycles. The molecule has 2 aliphatic rings. The maximum absolute atomic E-state index is 13.3. The molecule has 0 atom stereocenters. The summed E-state index contributed by atoms with van der Waals surface area (Å²) >= 11 is 0. The fourth-order valence-corrected chi connectivity index (χ4v) is 3.93. The molecule has 6 heteroatoms. The quantitative estimate of drug-likeness (QED) is 0.858. The molecule has 1 aliphatic carbocycles. The standard InChI is InChI=1S/C19H27N5O/c1-13-11-16(17-14(2)21-22(3)18(17)20-13)19(25)24-8-4-7-23(9-10-24)12-15-5-6-15/h11,15H,4-10,12H2,1-3H3. The normalized spacial score (nSPS) is 19.4. The third-order valence-electron chi connectivity index (χ3n) is 5.42. The van der Waals surface area contributed by atoms with Gasteiger partial charge < -0.3 is 9.80 Å². The summed E-state index contributed by atoms with van der Waals surface area (Å²) in [5.74, 6) is 1.03. The molecule has 2 aromatic heterocycles. The van der Waals surface area contributed by atoms with Crippen LogP contribution in [0.4, 0.5) is 0 Å². The van der Waals surface area contributed by atoms with E-state index in [4.69, 9.17) is 0 Å². The second kappa shape index (κ2) is 6.41. The van der Waals surface area contributed by atoms with Gasteiger partial charge in [0.2, 0.25) is 0 Å². The molecule has 0 bridgehead atoms. The lowest BCUT2D eigenvalue weighted by Gasteiger charge is -2.22. The van der Waals surface area contributed by atoms with E-state index < -0.39 is 0 Å². The number of amides is 1. The van der Waals surface area contributed by atoms with Crippen LogP contribution in [0.3, 0.4) is 0 Å². The molecular weight excluding hydrogens is 314 g/mol. The first-order chi connectivity index (χ1) is 12.0. The Morgan fingerprint density at radius 3 is 2.76 bits per heavy atom. The summed E-state index contributed by atoms with van der Waals surface area (Å²) in [5.41, 5.74) is 3.29. The average molecular weight is 341 g/mol. The highest BCUT2D eigenvalue weighted by molar-refractivity contribution is 6.06. The van der Waals surface area contributed by atoms with Crippen molar-refractivity contribution in [2.45, 2.75) is 33.1 Å². The summed E-state index contributed by atoms with van der Waals surface area (Å²) in [6.45, 7) is 8.85. The van der Waals surface area contributed by atoms with Gasteiger partial charge >= 0.3 is 0 Å². The first-order valence-electron chi connectivity index (χ1n) is 9.35. The minimum absolute atomic E-state index is 0.125. The fraction of sp³-hybridized carbons (Fsp3) is 0.632. The highest BCUT2D eigenvalue weighted by atomic mass is 16.2. The Hall–Kier alpha value is -1.95. The van der Waals surface area contributed by atoms with Crippen molar-refractivity contribution in [1.29, 1.82) is 0 Å². The summed E-state index contributed by atoms with van der Waals surface area (Å²) in [7, 11) is 1.89. The van der Waals surface area contributed by atoms with Crippen LogP contribution in [-0.4, -0.2) is 63.2 Å². The van der Waals surface area contributed by atoms with E-state index in [0.29, 0.717) is 0 Å². The highest BCUT2D eigenvalue weighted by Gasteiger charge is 2.28. The maximum Gasteiger partial charge on any atom is 0.254 e. The Morgan fingerprint density at radius 2 is 2.00 bits per heavy atom. The maximum atomic E-state index is 13.3. The van der Waals surface area contributed by atoms with E-state index in [9.17, 15) is 4.79 Å². The predicted octanol–water partition coefficient (Wildman–Crippen LogP) is 2.14. The molecule has 1 saturated carbocycles. The van der Waals surface area contributed by atoms with Crippen molar-refractivity contribution >= 4 is 16.9 Å². The van der Waals surface area contributed by atoms with Gasteiger partial charge in [0.1, 0.15) is 0 Å². The van der Waals surface area contributed by atoms with Crippen molar-refractivity contribution < 1.29 is 4.79 Å². The first-order valence-corrected chi connectivity index (χ1v) is 9.35. The Bertz CT molecular complexity index is 808. The topological polar surface area (TPSA) is 54.3 Å². The molecule has 0 N–H and O–H groups in total. The van der Waals surface area contributed by atoms with Crippen molar-refractivity contribution in [3.8, 4) is 0 Å². The van der Waals surface area contributed by atoms with Crippen LogP contribution in [0, 0.1) is 19.8 Å². The van der Waals surface area contributed by atoms with E-state index in [0.717, 1.165) is 66.5 Å². The van der Waals surface area contributed by atoms with Crippen molar-refractivity contribution in [2.75, 3.05) is 32.7 Å². The SMILES string of the molecule is Cc1cc(C(=O)N2CCCN(CC3CC3)CC2)c2c(C)nn(C)c2n1. The minimum Gasteiger partial charge on any atom is -0.337 e. The number of carbonyl (C=O) groups is 1. The first kappa shape index (κ1) is 16.5. The fourth-order valence-electron chi connectivity index (χ4n) is 3.93. The van der Waals surface area contributed by atoms with Crippen LogP contribution < -0.4 is 0 Å². The van der Waals surface area contributed by atoms with E-state index in [-0.39, 0.29) is 5.91 Å². The van der Waals surface area contributed by atoms with Crippen molar-refractivity contribution in [3.63, 3.8) is 0 Å². The van der Waals surface area contributed by atoms with Crippen molar-refractivity contribution in [3.05, 3.63) is 23.0 Å². The molecular formula is C19H27N5O. The van der Waals surface area contributed by atoms with Crippen LogP contribution in [0.1, 0.15) is 41.0 Å². The Labute approximate surface area is 148 Å². The van der Waals surface area contributed by atoms with Crippen LogP contribution in [0.25, 0.3) is 11.0 Å². The zero-order valence-electron chi connectivity index (χ0n) is 15.5. The molecule has 1 amide bonds. The molecule has 134 valence electrons. The number of hydrogen-bond donors (Lipinski definition) is 0. The number of aromatic nitrogens is 3. The summed E-state index contributed by atoms with van der Waals surface area (Å²) < 4.78 is 1.77. The Morgan fingerprint density at radius 1 is 1.20 bits per heavy atom. The summed E-state index contributed by atoms with van der Waals surface area (Å²) in [6.07, 6.45) is 3.82. The molecule has 2 aromatic rings. The van der Waals surface area contributed by atoms with Gasteiger partial charge in [-0.3, -0.25) is 9.48 Å². The smallest absolute Gasteiger partial charge is 0.254 e. The van der Waals surface area contributed by atoms with Crippen LogP contribution in [0.2, 0.25) is 0 Å². The van der Waals surface area contributed by atoms with Gasteiger partial charge in [-0.2, -0.15) is 5.10 Å². The number of pyridine rings is 1. The lowest BCUT2D eigenvalue weighted by atomic mass is 10.1. The van der Waals surface area contributed by atoms with Gasteiger partial charge in [-0.1, -0.05) is 0 Å². The number of aryl methyl sites for hydroxylation is 3. The predicted molar refractivity (Wildman–Crippen MR) is 97.7 cm³/mol. The van der Waals surface area contributed by atoms with E-state index in [1.165, 1.54) is 19.4 Å². The van der Waals surface area contributed by atoms with E-state index in [2.05, 4.69) is 15.0 Å². The summed E-state index contributed by atoms with van der Waals surface area (Å²) in [4.78, 5) is 22.4. The van der Waals surface area contributed by atoms with Gasteiger partial charge in [0.25, 0.3) is 5.91 Å². The van der Waals surface area contributed by atoms with Crippen LogP contribution in [0.5, 0.6) is 0 Å². The number of nitrogens with zero attached hydrogens (tertiary/aromatic N) is 5. The third kappa shape index (κ3) is 3.27. The monoisotopic (exact) mass is 341 g/mol. The third-order valence-corrected chi connectivity index (χ3v) is 5.42.